The van der Waals surface area contributed by atoms with Crippen molar-refractivity contribution in [2.45, 2.75) is 12.0 Å². The van der Waals surface area contributed by atoms with E-state index in [0.717, 1.165) is 5.56 Å². The van der Waals surface area contributed by atoms with Gasteiger partial charge in [-0.25, -0.2) is 4.79 Å². The van der Waals surface area contributed by atoms with Crippen LogP contribution in [0.1, 0.15) is 28.7 Å². The van der Waals surface area contributed by atoms with E-state index in [0.29, 0.717) is 26.3 Å². The fraction of sp³-hybridized carbons (Fsp3) is 0.240. The molecule has 1 N–H and O–H groups in total. The summed E-state index contributed by atoms with van der Waals surface area (Å²) in [5.74, 6) is 0.235. The molecule has 5 heteroatoms. The van der Waals surface area contributed by atoms with Gasteiger partial charge in [-0.15, -0.1) is 0 Å². The fourth-order valence-electron chi connectivity index (χ4n) is 4.43. The highest BCUT2D eigenvalue weighted by atomic mass is 16.6. The molecule has 0 bridgehead atoms. The lowest BCUT2D eigenvalue weighted by Gasteiger charge is -2.32. The molecular weight excluding hydrogens is 378 g/mol. The Bertz CT molecular complexity index is 1030. The Balaban J connectivity index is 1.28. The zero-order chi connectivity index (χ0) is 20.5. The van der Waals surface area contributed by atoms with Crippen LogP contribution in [0.15, 0.2) is 72.8 Å². The number of fused-ring (bicyclic) bond motifs is 3. The second-order valence-electron chi connectivity index (χ2n) is 7.70. The second kappa shape index (κ2) is 7.84. The van der Waals surface area contributed by atoms with Crippen molar-refractivity contribution < 1.29 is 19.4 Å². The maximum atomic E-state index is 12.8. The van der Waals surface area contributed by atoms with Crippen LogP contribution < -0.4 is 0 Å². The van der Waals surface area contributed by atoms with E-state index in [2.05, 4.69) is 24.3 Å². The molecule has 0 spiro atoms. The zero-order valence-electron chi connectivity index (χ0n) is 16.5. The van der Waals surface area contributed by atoms with Gasteiger partial charge in [0.1, 0.15) is 18.5 Å². The summed E-state index contributed by atoms with van der Waals surface area (Å²) in [4.78, 5) is 14.5. The van der Waals surface area contributed by atoms with Gasteiger partial charge in [0.25, 0.3) is 0 Å². The highest BCUT2D eigenvalue weighted by Gasteiger charge is 2.31. The predicted molar refractivity (Wildman–Crippen MR) is 113 cm³/mol. The number of nitrogens with zero attached hydrogens (tertiary/aromatic N) is 1. The van der Waals surface area contributed by atoms with Crippen LogP contribution in [0.3, 0.4) is 0 Å². The molecular formula is C25H23NO4. The third-order valence-corrected chi connectivity index (χ3v) is 5.90. The van der Waals surface area contributed by atoms with Crippen LogP contribution in [0.2, 0.25) is 0 Å². The Labute approximate surface area is 175 Å². The Hall–Kier alpha value is -3.31. The maximum Gasteiger partial charge on any atom is 0.409 e. The topological polar surface area (TPSA) is 59.0 Å². The minimum atomic E-state index is -0.328. The minimum absolute atomic E-state index is 0.0456. The van der Waals surface area contributed by atoms with Gasteiger partial charge in [-0.2, -0.15) is 0 Å². The molecule has 1 heterocycles. The highest BCUT2D eigenvalue weighted by molar-refractivity contribution is 5.79. The van der Waals surface area contributed by atoms with E-state index < -0.39 is 0 Å². The summed E-state index contributed by atoms with van der Waals surface area (Å²) in [5, 5.41) is 9.72. The molecule has 1 unspecified atom stereocenters. The Morgan fingerprint density at radius 1 is 1.00 bits per heavy atom. The lowest BCUT2D eigenvalue weighted by molar-refractivity contribution is -0.0289. The molecule has 0 aromatic heterocycles. The molecule has 30 heavy (non-hydrogen) atoms. The number of phenolic OH excluding ortho intramolecular Hbond substituents is 1. The number of morpholine rings is 1. The van der Waals surface area contributed by atoms with Crippen molar-refractivity contribution in [2.75, 3.05) is 26.3 Å². The number of amides is 1. The average Bonchev–Trinajstić information content (AvgIpc) is 3.11. The Morgan fingerprint density at radius 3 is 2.40 bits per heavy atom. The molecule has 2 aliphatic rings. The summed E-state index contributed by atoms with van der Waals surface area (Å²) in [6.07, 6.45) is -0.600. The van der Waals surface area contributed by atoms with Crippen molar-refractivity contribution in [1.29, 1.82) is 0 Å². The number of benzene rings is 3. The van der Waals surface area contributed by atoms with E-state index in [1.807, 2.05) is 30.3 Å². The lowest BCUT2D eigenvalue weighted by Crippen LogP contribution is -2.42. The minimum Gasteiger partial charge on any atom is -0.508 e. The SMILES string of the molecule is O=C(OCC1c2ccccc2-c2ccccc21)N1CCOC(c2cccc(O)c2)C1. The summed E-state index contributed by atoms with van der Waals surface area (Å²) in [5.41, 5.74) is 5.68. The molecule has 1 fully saturated rings. The molecule has 3 aromatic carbocycles. The van der Waals surface area contributed by atoms with Gasteiger partial charge in [0.2, 0.25) is 0 Å². The van der Waals surface area contributed by atoms with Gasteiger partial charge in [0, 0.05) is 12.5 Å². The van der Waals surface area contributed by atoms with Crippen LogP contribution in [0.5, 0.6) is 5.75 Å². The van der Waals surface area contributed by atoms with Gasteiger partial charge in [0.15, 0.2) is 0 Å². The van der Waals surface area contributed by atoms with Crippen LogP contribution in [-0.4, -0.2) is 42.4 Å². The van der Waals surface area contributed by atoms with Crippen molar-refractivity contribution in [3.05, 3.63) is 89.5 Å². The van der Waals surface area contributed by atoms with E-state index >= 15 is 0 Å². The summed E-state index contributed by atoms with van der Waals surface area (Å²) < 4.78 is 11.6. The average molecular weight is 401 g/mol. The number of ether oxygens (including phenoxy) is 2. The van der Waals surface area contributed by atoms with Gasteiger partial charge in [-0.05, 0) is 39.9 Å². The monoisotopic (exact) mass is 401 g/mol. The zero-order valence-corrected chi connectivity index (χ0v) is 16.5. The van der Waals surface area contributed by atoms with Crippen molar-refractivity contribution in [3.63, 3.8) is 0 Å². The third-order valence-electron chi connectivity index (χ3n) is 5.90. The first-order valence-corrected chi connectivity index (χ1v) is 10.2. The lowest BCUT2D eigenvalue weighted by atomic mass is 9.98. The number of hydrogen-bond donors (Lipinski definition) is 1. The molecule has 152 valence electrons. The standard InChI is InChI=1S/C25H23NO4/c27-18-7-5-6-17(14-18)24-15-26(12-13-29-24)25(28)30-16-23-21-10-3-1-8-19(21)20-9-2-4-11-22(20)23/h1-11,14,23-24,27H,12-13,15-16H2. The molecule has 1 saturated heterocycles. The number of hydrogen-bond acceptors (Lipinski definition) is 4. The van der Waals surface area contributed by atoms with Crippen LogP contribution in [0.4, 0.5) is 4.79 Å². The summed E-state index contributed by atoms with van der Waals surface area (Å²) in [7, 11) is 0. The smallest absolute Gasteiger partial charge is 0.409 e. The number of phenols is 1. The van der Waals surface area contributed by atoms with Gasteiger partial charge < -0.3 is 19.5 Å². The first kappa shape index (κ1) is 18.7. The maximum absolute atomic E-state index is 12.8. The third kappa shape index (κ3) is 3.42. The second-order valence-corrected chi connectivity index (χ2v) is 7.70. The number of aromatic hydroxyl groups is 1. The summed E-state index contributed by atoms with van der Waals surface area (Å²) >= 11 is 0. The van der Waals surface area contributed by atoms with Gasteiger partial charge in [-0.3, -0.25) is 0 Å². The number of carbonyl (C=O) groups excluding carboxylic acids is 1. The molecule has 1 aliphatic carbocycles. The van der Waals surface area contributed by atoms with Crippen LogP contribution in [0, 0.1) is 0 Å². The molecule has 5 rings (SSSR count). The van der Waals surface area contributed by atoms with E-state index in [1.54, 1.807) is 23.1 Å². The van der Waals surface area contributed by atoms with Crippen molar-refractivity contribution in [3.8, 4) is 16.9 Å². The molecule has 5 nitrogen and oxygen atoms in total. The quantitative estimate of drug-likeness (QED) is 0.690. The molecule has 0 saturated carbocycles. The van der Waals surface area contributed by atoms with E-state index in [4.69, 9.17) is 9.47 Å². The van der Waals surface area contributed by atoms with Crippen LogP contribution in [-0.2, 0) is 9.47 Å². The Kier molecular flexibility index (Phi) is 4.89. The normalized spacial score (nSPS) is 18.0. The first-order valence-electron chi connectivity index (χ1n) is 10.2. The van der Waals surface area contributed by atoms with Crippen molar-refractivity contribution in [2.24, 2.45) is 0 Å². The summed E-state index contributed by atoms with van der Waals surface area (Å²) in [6, 6.07) is 23.6. The highest BCUT2D eigenvalue weighted by Crippen LogP contribution is 2.44. The van der Waals surface area contributed by atoms with Gasteiger partial charge in [0.05, 0.1) is 13.2 Å². The van der Waals surface area contributed by atoms with Crippen LogP contribution >= 0.6 is 0 Å². The van der Waals surface area contributed by atoms with Gasteiger partial charge >= 0.3 is 6.09 Å². The fourth-order valence-corrected chi connectivity index (χ4v) is 4.43. The molecule has 1 amide bonds. The molecule has 3 aromatic rings. The summed E-state index contributed by atoms with van der Waals surface area (Å²) in [6.45, 7) is 1.64. The number of rotatable bonds is 3. The van der Waals surface area contributed by atoms with Crippen molar-refractivity contribution >= 4 is 6.09 Å². The van der Waals surface area contributed by atoms with E-state index in [-0.39, 0.29) is 23.9 Å². The molecule has 1 atom stereocenters. The first-order chi connectivity index (χ1) is 14.7. The Morgan fingerprint density at radius 2 is 1.70 bits per heavy atom. The van der Waals surface area contributed by atoms with Gasteiger partial charge in [-0.1, -0.05) is 60.7 Å². The number of carbonyl (C=O) groups is 1. The van der Waals surface area contributed by atoms with Crippen LogP contribution in [0.25, 0.3) is 11.1 Å². The predicted octanol–water partition coefficient (Wildman–Crippen LogP) is 4.71. The van der Waals surface area contributed by atoms with E-state index in [9.17, 15) is 9.90 Å². The molecule has 0 radical (unpaired) electrons. The molecule has 1 aliphatic heterocycles. The largest absolute Gasteiger partial charge is 0.508 e. The van der Waals surface area contributed by atoms with E-state index in [1.165, 1.54) is 22.3 Å². The van der Waals surface area contributed by atoms with Crippen molar-refractivity contribution in [1.82, 2.24) is 4.90 Å².